The van der Waals surface area contributed by atoms with Gasteiger partial charge in [-0.2, -0.15) is 0 Å². The Morgan fingerprint density at radius 2 is 1.76 bits per heavy atom. The number of ether oxygens (including phenoxy) is 3. The zero-order valence-electron chi connectivity index (χ0n) is 23.8. The average molecular weight is 593 g/mol. The number of unbranched alkanes of at least 4 members (excludes halogenated alkanes) is 1. The molecule has 4 aromatic rings. The van der Waals surface area contributed by atoms with Gasteiger partial charge in [0.25, 0.3) is 5.56 Å². The minimum Gasteiger partial charge on any atom is -0.494 e. The highest BCUT2D eigenvalue weighted by Crippen LogP contribution is 2.31. The maximum Gasteiger partial charge on any atom is 0.321 e. The van der Waals surface area contributed by atoms with Crippen LogP contribution in [0.5, 0.6) is 5.75 Å². The van der Waals surface area contributed by atoms with E-state index in [0.29, 0.717) is 17.9 Å². The van der Waals surface area contributed by atoms with Gasteiger partial charge in [-0.1, -0.05) is 6.07 Å². The van der Waals surface area contributed by atoms with Gasteiger partial charge in [-0.3, -0.25) is 29.2 Å². The first-order valence-corrected chi connectivity index (χ1v) is 15.0. The first-order valence-electron chi connectivity index (χ1n) is 14.1. The Bertz CT molecular complexity index is 1580. The molecule has 1 saturated heterocycles. The topological polar surface area (TPSA) is 102 Å². The molecule has 0 atom stereocenters. The second-order valence-electron chi connectivity index (χ2n) is 10.1. The number of rotatable bonds is 13. The molecule has 10 nitrogen and oxygen atoms in total. The van der Waals surface area contributed by atoms with Gasteiger partial charge in [0.1, 0.15) is 5.75 Å². The molecule has 0 saturated carbocycles. The lowest BCUT2D eigenvalue weighted by Gasteiger charge is -2.36. The lowest BCUT2D eigenvalue weighted by atomic mass is 10.2. The number of aromatic nitrogens is 1. The van der Waals surface area contributed by atoms with E-state index < -0.39 is 11.9 Å². The van der Waals surface area contributed by atoms with Crippen LogP contribution in [0.4, 0.5) is 5.69 Å². The van der Waals surface area contributed by atoms with E-state index in [1.807, 2.05) is 12.1 Å². The summed E-state index contributed by atoms with van der Waals surface area (Å²) in [6.07, 6.45) is 1.96. The van der Waals surface area contributed by atoms with Crippen LogP contribution in [-0.2, 0) is 25.8 Å². The Balaban J connectivity index is 1.06. The average Bonchev–Trinajstić information content (AvgIpc) is 3.50. The van der Waals surface area contributed by atoms with E-state index in [1.54, 1.807) is 23.5 Å². The Morgan fingerprint density at radius 3 is 2.60 bits per heavy atom. The standard InChI is InChI=1S/C31H36N4O6S/c1-39-30(37)20-32-21-31(38)41-22-35-27-19-24(9-7-23(27)8-10-29(35)36)40-17-3-2-12-33-13-15-34(16-14-33)26-5-4-6-28-25(26)11-18-42-28/h4-11,18-19,32H,2-3,12-17,20-22H2,1H3. The second-order valence-corrected chi connectivity index (χ2v) is 11.1. The molecule has 0 radical (unpaired) electrons. The number of hydrogen-bond acceptors (Lipinski definition) is 10. The smallest absolute Gasteiger partial charge is 0.321 e. The van der Waals surface area contributed by atoms with Crippen LogP contribution < -0.4 is 20.5 Å². The molecule has 42 heavy (non-hydrogen) atoms. The zero-order chi connectivity index (χ0) is 29.3. The summed E-state index contributed by atoms with van der Waals surface area (Å²) in [5, 5.41) is 6.98. The summed E-state index contributed by atoms with van der Waals surface area (Å²) >= 11 is 1.79. The molecule has 3 heterocycles. The van der Waals surface area contributed by atoms with E-state index in [1.165, 1.54) is 33.5 Å². The van der Waals surface area contributed by atoms with E-state index in [4.69, 9.17) is 9.47 Å². The van der Waals surface area contributed by atoms with Crippen LogP contribution >= 0.6 is 11.3 Å². The van der Waals surface area contributed by atoms with Crippen LogP contribution in [0, 0.1) is 0 Å². The molecule has 2 aromatic heterocycles. The summed E-state index contributed by atoms with van der Waals surface area (Å²) < 4.78 is 18.5. The van der Waals surface area contributed by atoms with Crippen molar-refractivity contribution in [3.8, 4) is 5.75 Å². The van der Waals surface area contributed by atoms with Gasteiger partial charge in [-0.15, -0.1) is 11.3 Å². The number of fused-ring (bicyclic) bond motifs is 2. The predicted molar refractivity (Wildman–Crippen MR) is 164 cm³/mol. The number of piperazine rings is 1. The number of esters is 2. The van der Waals surface area contributed by atoms with Gasteiger partial charge in [0.2, 0.25) is 0 Å². The van der Waals surface area contributed by atoms with Gasteiger partial charge in [0, 0.05) is 54.1 Å². The Hall–Kier alpha value is -3.93. The monoisotopic (exact) mass is 592 g/mol. The number of anilines is 1. The summed E-state index contributed by atoms with van der Waals surface area (Å²) in [5.41, 5.74) is 1.67. The zero-order valence-corrected chi connectivity index (χ0v) is 24.6. The van der Waals surface area contributed by atoms with Crippen LogP contribution in [0.3, 0.4) is 0 Å². The fraction of sp³-hybridized carbons (Fsp3) is 0.387. The third-order valence-corrected chi connectivity index (χ3v) is 8.29. The van der Waals surface area contributed by atoms with Crippen molar-refractivity contribution in [2.75, 3.05) is 64.4 Å². The molecule has 1 N–H and O–H groups in total. The third kappa shape index (κ3) is 7.47. The maximum absolute atomic E-state index is 12.5. The van der Waals surface area contributed by atoms with Gasteiger partial charge < -0.3 is 19.1 Å². The molecule has 1 aliphatic rings. The summed E-state index contributed by atoms with van der Waals surface area (Å²) in [6, 6.07) is 17.5. The number of methoxy groups -OCH3 is 1. The lowest BCUT2D eigenvalue weighted by Crippen LogP contribution is -2.46. The molecule has 5 rings (SSSR count). The number of carbonyl (C=O) groups is 2. The fourth-order valence-corrected chi connectivity index (χ4v) is 5.92. The number of hydrogen-bond donors (Lipinski definition) is 1. The van der Waals surface area contributed by atoms with Crippen LogP contribution in [0.15, 0.2) is 64.8 Å². The summed E-state index contributed by atoms with van der Waals surface area (Å²) in [6.45, 7) is 5.25. The second kappa shape index (κ2) is 14.3. The van der Waals surface area contributed by atoms with Crippen molar-refractivity contribution in [3.63, 3.8) is 0 Å². The Labute approximate surface area is 248 Å². The van der Waals surface area contributed by atoms with E-state index in [-0.39, 0.29) is 25.4 Å². The third-order valence-electron chi connectivity index (χ3n) is 7.41. The van der Waals surface area contributed by atoms with E-state index in [0.717, 1.165) is 51.0 Å². The normalized spacial score (nSPS) is 13.9. The molecule has 1 fully saturated rings. The maximum atomic E-state index is 12.5. The molecule has 11 heteroatoms. The fourth-order valence-electron chi connectivity index (χ4n) is 5.11. The van der Waals surface area contributed by atoms with Crippen LogP contribution in [0.1, 0.15) is 12.8 Å². The molecular formula is C31H36N4O6S. The Kier molecular flexibility index (Phi) is 10.1. The van der Waals surface area contributed by atoms with Crippen LogP contribution in [0.25, 0.3) is 21.0 Å². The minimum absolute atomic E-state index is 0.107. The molecule has 0 unspecified atom stereocenters. The first kappa shape index (κ1) is 29.6. The van der Waals surface area contributed by atoms with Gasteiger partial charge in [0.05, 0.1) is 32.3 Å². The van der Waals surface area contributed by atoms with E-state index in [2.05, 4.69) is 49.5 Å². The molecule has 1 aliphatic heterocycles. The lowest BCUT2D eigenvalue weighted by molar-refractivity contribution is -0.146. The molecule has 0 aliphatic carbocycles. The van der Waals surface area contributed by atoms with Crippen molar-refractivity contribution in [1.82, 2.24) is 14.8 Å². The minimum atomic E-state index is -0.587. The predicted octanol–water partition coefficient (Wildman–Crippen LogP) is 3.46. The van der Waals surface area contributed by atoms with Crippen molar-refractivity contribution in [2.45, 2.75) is 19.6 Å². The van der Waals surface area contributed by atoms with E-state index >= 15 is 0 Å². The number of carbonyl (C=O) groups excluding carboxylic acids is 2. The first-order chi connectivity index (χ1) is 20.5. The van der Waals surface area contributed by atoms with Gasteiger partial charge in [-0.25, -0.2) is 0 Å². The molecule has 2 aromatic carbocycles. The van der Waals surface area contributed by atoms with Crippen LogP contribution in [0.2, 0.25) is 0 Å². The largest absolute Gasteiger partial charge is 0.494 e. The van der Waals surface area contributed by atoms with E-state index in [9.17, 15) is 14.4 Å². The number of benzene rings is 2. The molecule has 0 bridgehead atoms. The highest BCUT2D eigenvalue weighted by molar-refractivity contribution is 7.17. The number of nitrogens with zero attached hydrogens (tertiary/aromatic N) is 3. The van der Waals surface area contributed by atoms with Gasteiger partial charge in [-0.05, 0) is 66.6 Å². The number of nitrogens with one attached hydrogen (secondary N) is 1. The van der Waals surface area contributed by atoms with Crippen molar-refractivity contribution >= 4 is 50.0 Å². The quantitative estimate of drug-likeness (QED) is 0.185. The summed E-state index contributed by atoms with van der Waals surface area (Å²) in [5.74, 6) is -0.414. The Morgan fingerprint density at radius 1 is 0.952 bits per heavy atom. The number of pyridine rings is 1. The summed E-state index contributed by atoms with van der Waals surface area (Å²) in [4.78, 5) is 40.8. The number of thiophene rings is 1. The molecule has 0 amide bonds. The summed E-state index contributed by atoms with van der Waals surface area (Å²) in [7, 11) is 1.27. The highest BCUT2D eigenvalue weighted by atomic mass is 32.1. The molecule has 222 valence electrons. The van der Waals surface area contributed by atoms with Crippen molar-refractivity contribution in [1.29, 1.82) is 0 Å². The SMILES string of the molecule is COC(=O)CNCC(=O)OCn1c(=O)ccc2ccc(OCCCCN3CCN(c4cccc5sccc45)CC3)cc21. The van der Waals surface area contributed by atoms with Crippen molar-refractivity contribution in [2.24, 2.45) is 0 Å². The van der Waals surface area contributed by atoms with Gasteiger partial charge in [0.15, 0.2) is 6.73 Å². The molecule has 0 spiro atoms. The van der Waals surface area contributed by atoms with Crippen molar-refractivity contribution < 1.29 is 23.8 Å². The highest BCUT2D eigenvalue weighted by Gasteiger charge is 2.18. The van der Waals surface area contributed by atoms with Crippen LogP contribution in [-0.4, -0.2) is 80.9 Å². The van der Waals surface area contributed by atoms with Gasteiger partial charge >= 0.3 is 11.9 Å². The van der Waals surface area contributed by atoms with Crippen molar-refractivity contribution in [3.05, 3.63) is 70.3 Å². The molecular weight excluding hydrogens is 556 g/mol.